The third-order valence-electron chi connectivity index (χ3n) is 2.91. The molecule has 0 heterocycles. The Balaban J connectivity index is 2.09. The zero-order valence-corrected chi connectivity index (χ0v) is 10.5. The fourth-order valence-electron chi connectivity index (χ4n) is 1.70. The minimum Gasteiger partial charge on any atom is -0.309 e. The molecule has 1 aromatic rings. The third kappa shape index (κ3) is 2.59. The number of hydrogen-bond acceptors (Lipinski definition) is 3. The van der Waals surface area contributed by atoms with Crippen molar-refractivity contribution in [2.45, 2.75) is 25.9 Å². The first-order valence-electron chi connectivity index (χ1n) is 5.24. The number of halogens is 1. The van der Waals surface area contributed by atoms with Crippen LogP contribution in [0.1, 0.15) is 18.9 Å². The zero-order chi connectivity index (χ0) is 11.7. The molecule has 2 atom stereocenters. The average Bonchev–Trinajstić information content (AvgIpc) is 2.92. The summed E-state index contributed by atoms with van der Waals surface area (Å²) in [6.07, 6.45) is 1.17. The van der Waals surface area contributed by atoms with Crippen LogP contribution in [0.25, 0.3) is 0 Å². The number of nitrogens with one attached hydrogen (secondary N) is 1. The van der Waals surface area contributed by atoms with E-state index in [0.29, 0.717) is 18.5 Å². The lowest BCUT2D eigenvalue weighted by Crippen LogP contribution is -2.17. The summed E-state index contributed by atoms with van der Waals surface area (Å²) in [7, 11) is 0. The molecule has 0 aromatic heterocycles. The van der Waals surface area contributed by atoms with Crippen molar-refractivity contribution in [2.24, 2.45) is 5.92 Å². The lowest BCUT2D eigenvalue weighted by atomic mass is 10.2. The quantitative estimate of drug-likeness (QED) is 0.683. The molecule has 0 aliphatic heterocycles. The molecule has 1 aliphatic rings. The summed E-state index contributed by atoms with van der Waals surface area (Å²) < 4.78 is 0.739. The molecule has 0 amide bonds. The van der Waals surface area contributed by atoms with Gasteiger partial charge in [-0.3, -0.25) is 10.1 Å². The molecule has 4 nitrogen and oxygen atoms in total. The van der Waals surface area contributed by atoms with Crippen molar-refractivity contribution < 1.29 is 4.92 Å². The molecule has 16 heavy (non-hydrogen) atoms. The fourth-order valence-corrected chi connectivity index (χ4v) is 2.05. The van der Waals surface area contributed by atoms with E-state index < -0.39 is 0 Å². The maximum atomic E-state index is 10.9. The van der Waals surface area contributed by atoms with Gasteiger partial charge in [0.25, 0.3) is 5.69 Å². The molecule has 86 valence electrons. The first-order chi connectivity index (χ1) is 7.58. The summed E-state index contributed by atoms with van der Waals surface area (Å²) in [5, 5.41) is 14.2. The SMILES string of the molecule is CC1CC1NCc1ccc(Br)cc1[N+](=O)[O-]. The Labute approximate surface area is 102 Å². The highest BCUT2D eigenvalue weighted by molar-refractivity contribution is 9.10. The maximum absolute atomic E-state index is 10.9. The number of nitro benzene ring substituents is 1. The van der Waals surface area contributed by atoms with Crippen LogP contribution in [-0.2, 0) is 6.54 Å². The summed E-state index contributed by atoms with van der Waals surface area (Å²) in [5.41, 5.74) is 0.919. The van der Waals surface area contributed by atoms with Crippen molar-refractivity contribution in [1.82, 2.24) is 5.32 Å². The standard InChI is InChI=1S/C11H13BrN2O2/c1-7-4-10(7)13-6-8-2-3-9(12)5-11(8)14(15)16/h2-3,5,7,10,13H,4,6H2,1H3. The van der Waals surface area contributed by atoms with Crippen LogP contribution < -0.4 is 5.32 Å². The number of rotatable bonds is 4. The van der Waals surface area contributed by atoms with E-state index in [1.54, 1.807) is 12.1 Å². The van der Waals surface area contributed by atoms with Crippen LogP contribution in [0, 0.1) is 16.0 Å². The van der Waals surface area contributed by atoms with Crippen LogP contribution in [0.15, 0.2) is 22.7 Å². The van der Waals surface area contributed by atoms with Crippen molar-refractivity contribution in [3.8, 4) is 0 Å². The molecule has 1 saturated carbocycles. The minimum absolute atomic E-state index is 0.176. The monoisotopic (exact) mass is 284 g/mol. The van der Waals surface area contributed by atoms with Gasteiger partial charge in [-0.15, -0.1) is 0 Å². The van der Waals surface area contributed by atoms with Gasteiger partial charge in [0.2, 0.25) is 0 Å². The van der Waals surface area contributed by atoms with Crippen molar-refractivity contribution in [1.29, 1.82) is 0 Å². The predicted molar refractivity (Wildman–Crippen MR) is 65.2 cm³/mol. The van der Waals surface area contributed by atoms with Gasteiger partial charge >= 0.3 is 0 Å². The van der Waals surface area contributed by atoms with Gasteiger partial charge in [0.05, 0.1) is 4.92 Å². The number of nitro groups is 1. The molecular formula is C11H13BrN2O2. The molecule has 0 radical (unpaired) electrons. The molecule has 0 spiro atoms. The second kappa shape index (κ2) is 4.51. The highest BCUT2D eigenvalue weighted by Gasteiger charge is 2.32. The van der Waals surface area contributed by atoms with Crippen molar-refractivity contribution in [3.63, 3.8) is 0 Å². The summed E-state index contributed by atoms with van der Waals surface area (Å²) in [4.78, 5) is 10.5. The molecular weight excluding hydrogens is 272 g/mol. The van der Waals surface area contributed by atoms with Gasteiger partial charge in [0.15, 0.2) is 0 Å². The molecule has 2 rings (SSSR count). The summed E-state index contributed by atoms with van der Waals surface area (Å²) in [6.45, 7) is 2.74. The molecule has 1 fully saturated rings. The van der Waals surface area contributed by atoms with Crippen LogP contribution in [0.5, 0.6) is 0 Å². The van der Waals surface area contributed by atoms with Gasteiger partial charge in [-0.2, -0.15) is 0 Å². The normalized spacial score (nSPS) is 23.1. The van der Waals surface area contributed by atoms with E-state index in [-0.39, 0.29) is 10.6 Å². The summed E-state index contributed by atoms with van der Waals surface area (Å²) >= 11 is 3.24. The molecule has 1 aliphatic carbocycles. The van der Waals surface area contributed by atoms with Crippen LogP contribution in [-0.4, -0.2) is 11.0 Å². The first kappa shape index (κ1) is 11.5. The van der Waals surface area contributed by atoms with Gasteiger partial charge in [0, 0.05) is 28.7 Å². The van der Waals surface area contributed by atoms with E-state index in [2.05, 4.69) is 28.2 Å². The third-order valence-corrected chi connectivity index (χ3v) is 3.40. The molecule has 2 unspecified atom stereocenters. The minimum atomic E-state index is -0.335. The van der Waals surface area contributed by atoms with E-state index in [4.69, 9.17) is 0 Å². The fraction of sp³-hybridized carbons (Fsp3) is 0.455. The molecule has 5 heteroatoms. The first-order valence-corrected chi connectivity index (χ1v) is 6.03. The van der Waals surface area contributed by atoms with E-state index in [9.17, 15) is 10.1 Å². The highest BCUT2D eigenvalue weighted by atomic mass is 79.9. The van der Waals surface area contributed by atoms with Crippen LogP contribution in [0.4, 0.5) is 5.69 Å². The largest absolute Gasteiger partial charge is 0.309 e. The van der Waals surface area contributed by atoms with Gasteiger partial charge in [-0.05, 0) is 24.5 Å². The topological polar surface area (TPSA) is 55.2 Å². The van der Waals surface area contributed by atoms with E-state index >= 15 is 0 Å². The molecule has 1 N–H and O–H groups in total. The van der Waals surface area contributed by atoms with Crippen LogP contribution >= 0.6 is 15.9 Å². The summed E-state index contributed by atoms with van der Waals surface area (Å²) in [5.74, 6) is 0.703. The predicted octanol–water partition coefficient (Wildman–Crippen LogP) is 2.86. The Hall–Kier alpha value is -0.940. The smallest absolute Gasteiger partial charge is 0.275 e. The van der Waals surface area contributed by atoms with Crippen LogP contribution in [0.3, 0.4) is 0 Å². The van der Waals surface area contributed by atoms with Gasteiger partial charge < -0.3 is 5.32 Å². The van der Waals surface area contributed by atoms with Crippen molar-refractivity contribution >= 4 is 21.6 Å². The Morgan fingerprint density at radius 1 is 1.62 bits per heavy atom. The number of benzene rings is 1. The highest BCUT2D eigenvalue weighted by Crippen LogP contribution is 2.30. The second-order valence-corrected chi connectivity index (χ2v) is 5.15. The Morgan fingerprint density at radius 3 is 2.88 bits per heavy atom. The van der Waals surface area contributed by atoms with Crippen LogP contribution in [0.2, 0.25) is 0 Å². The van der Waals surface area contributed by atoms with Gasteiger partial charge in [0.1, 0.15) is 0 Å². The Kier molecular flexibility index (Phi) is 3.25. The van der Waals surface area contributed by atoms with Crippen molar-refractivity contribution in [3.05, 3.63) is 38.3 Å². The zero-order valence-electron chi connectivity index (χ0n) is 8.94. The number of hydrogen-bond donors (Lipinski definition) is 1. The molecule has 1 aromatic carbocycles. The second-order valence-electron chi connectivity index (χ2n) is 4.23. The molecule has 0 bridgehead atoms. The Bertz CT molecular complexity index is 422. The lowest BCUT2D eigenvalue weighted by Gasteiger charge is -2.05. The van der Waals surface area contributed by atoms with E-state index in [1.807, 2.05) is 6.07 Å². The van der Waals surface area contributed by atoms with E-state index in [0.717, 1.165) is 10.0 Å². The number of nitrogens with zero attached hydrogens (tertiary/aromatic N) is 1. The average molecular weight is 285 g/mol. The van der Waals surface area contributed by atoms with Gasteiger partial charge in [-0.1, -0.05) is 22.9 Å². The van der Waals surface area contributed by atoms with E-state index in [1.165, 1.54) is 6.42 Å². The summed E-state index contributed by atoms with van der Waals surface area (Å²) in [6, 6.07) is 5.71. The molecule has 0 saturated heterocycles. The Morgan fingerprint density at radius 2 is 2.31 bits per heavy atom. The van der Waals surface area contributed by atoms with Gasteiger partial charge in [-0.25, -0.2) is 0 Å². The maximum Gasteiger partial charge on any atom is 0.275 e. The lowest BCUT2D eigenvalue weighted by molar-refractivity contribution is -0.385. The van der Waals surface area contributed by atoms with Crippen molar-refractivity contribution in [2.75, 3.05) is 0 Å².